The molecule has 17 heavy (non-hydrogen) atoms. The first-order chi connectivity index (χ1) is 8.00. The van der Waals surface area contributed by atoms with Gasteiger partial charge < -0.3 is 5.11 Å². The number of halogens is 3. The van der Waals surface area contributed by atoms with E-state index in [9.17, 15) is 13.9 Å². The van der Waals surface area contributed by atoms with E-state index in [0.717, 1.165) is 12.1 Å². The second kappa shape index (κ2) is 4.43. The van der Waals surface area contributed by atoms with Crippen LogP contribution in [0.5, 0.6) is 0 Å². The van der Waals surface area contributed by atoms with Gasteiger partial charge in [-0.2, -0.15) is 5.10 Å². The molecule has 0 amide bonds. The summed E-state index contributed by atoms with van der Waals surface area (Å²) in [5, 5.41) is 14.2. The predicted octanol–water partition coefficient (Wildman–Crippen LogP) is 2.43. The van der Waals surface area contributed by atoms with Crippen molar-refractivity contribution in [2.75, 3.05) is 0 Å². The molecule has 1 unspecified atom stereocenters. The van der Waals surface area contributed by atoms with Crippen molar-refractivity contribution in [2.45, 2.75) is 6.10 Å². The van der Waals surface area contributed by atoms with Crippen LogP contribution in [0.25, 0.3) is 0 Å². The van der Waals surface area contributed by atoms with Crippen LogP contribution in [0, 0.1) is 11.6 Å². The fourth-order valence-electron chi connectivity index (χ4n) is 1.57. The van der Waals surface area contributed by atoms with Crippen LogP contribution in [0.3, 0.4) is 0 Å². The number of benzene rings is 1. The van der Waals surface area contributed by atoms with Gasteiger partial charge in [0.2, 0.25) is 0 Å². The molecule has 0 saturated carbocycles. The predicted molar refractivity (Wildman–Crippen MR) is 58.6 cm³/mol. The number of aliphatic hydroxyl groups excluding tert-OH is 1. The quantitative estimate of drug-likeness (QED) is 0.898. The smallest absolute Gasteiger partial charge is 0.159 e. The summed E-state index contributed by atoms with van der Waals surface area (Å²) in [5.41, 5.74) is 0.548. The van der Waals surface area contributed by atoms with Gasteiger partial charge in [0.25, 0.3) is 0 Å². The molecule has 0 spiro atoms. The van der Waals surface area contributed by atoms with E-state index in [0.29, 0.717) is 5.69 Å². The van der Waals surface area contributed by atoms with Crippen molar-refractivity contribution in [3.05, 3.63) is 52.3 Å². The monoisotopic (exact) mass is 258 g/mol. The van der Waals surface area contributed by atoms with Gasteiger partial charge in [0.15, 0.2) is 11.6 Å². The zero-order valence-corrected chi connectivity index (χ0v) is 9.62. The maximum atomic E-state index is 13.0. The van der Waals surface area contributed by atoms with E-state index >= 15 is 0 Å². The lowest BCUT2D eigenvalue weighted by Gasteiger charge is -2.12. The average molecular weight is 259 g/mol. The fourth-order valence-corrected chi connectivity index (χ4v) is 1.84. The second-order valence-corrected chi connectivity index (χ2v) is 3.98. The normalized spacial score (nSPS) is 12.8. The standard InChI is InChI=1S/C11H9ClF2N2O/c1-16-10(7(12)5-15-16)11(17)6-2-3-8(13)9(14)4-6/h2-5,11,17H,1H3. The summed E-state index contributed by atoms with van der Waals surface area (Å²) in [7, 11) is 1.60. The van der Waals surface area contributed by atoms with E-state index in [4.69, 9.17) is 11.6 Å². The zero-order chi connectivity index (χ0) is 12.6. The first-order valence-electron chi connectivity index (χ1n) is 4.81. The second-order valence-electron chi connectivity index (χ2n) is 3.58. The molecule has 2 aromatic rings. The number of aromatic nitrogens is 2. The summed E-state index contributed by atoms with van der Waals surface area (Å²) in [6.45, 7) is 0. The molecule has 0 saturated heterocycles. The molecule has 0 radical (unpaired) electrons. The largest absolute Gasteiger partial charge is 0.382 e. The molecule has 0 aliphatic carbocycles. The number of nitrogens with zero attached hydrogens (tertiary/aromatic N) is 2. The summed E-state index contributed by atoms with van der Waals surface area (Å²) >= 11 is 5.85. The van der Waals surface area contributed by atoms with Gasteiger partial charge in [-0.3, -0.25) is 4.68 Å². The van der Waals surface area contributed by atoms with Gasteiger partial charge in [-0.1, -0.05) is 17.7 Å². The maximum Gasteiger partial charge on any atom is 0.159 e. The lowest BCUT2D eigenvalue weighted by molar-refractivity contribution is 0.209. The van der Waals surface area contributed by atoms with Gasteiger partial charge in [-0.05, 0) is 17.7 Å². The summed E-state index contributed by atoms with van der Waals surface area (Å²) in [5.74, 6) is -1.98. The van der Waals surface area contributed by atoms with Crippen LogP contribution in [-0.4, -0.2) is 14.9 Å². The molecule has 0 fully saturated rings. The van der Waals surface area contributed by atoms with Crippen molar-refractivity contribution in [2.24, 2.45) is 7.05 Å². The molecule has 6 heteroatoms. The van der Waals surface area contributed by atoms with Crippen LogP contribution in [0.4, 0.5) is 8.78 Å². The first kappa shape index (κ1) is 12.0. The molecular weight excluding hydrogens is 250 g/mol. The fraction of sp³-hybridized carbons (Fsp3) is 0.182. The van der Waals surface area contributed by atoms with Crippen molar-refractivity contribution in [1.29, 1.82) is 0 Å². The Morgan fingerprint density at radius 3 is 2.59 bits per heavy atom. The number of rotatable bonds is 2. The zero-order valence-electron chi connectivity index (χ0n) is 8.86. The Bertz CT molecular complexity index is 537. The Kier molecular flexibility index (Phi) is 3.13. The molecule has 1 aromatic heterocycles. The van der Waals surface area contributed by atoms with E-state index in [1.54, 1.807) is 7.05 Å². The Hall–Kier alpha value is -1.46. The minimum absolute atomic E-state index is 0.217. The first-order valence-corrected chi connectivity index (χ1v) is 5.19. The SMILES string of the molecule is Cn1ncc(Cl)c1C(O)c1ccc(F)c(F)c1. The van der Waals surface area contributed by atoms with E-state index in [1.165, 1.54) is 16.9 Å². The lowest BCUT2D eigenvalue weighted by atomic mass is 10.1. The highest BCUT2D eigenvalue weighted by atomic mass is 35.5. The molecule has 1 N–H and O–H groups in total. The van der Waals surface area contributed by atoms with Crippen molar-refractivity contribution < 1.29 is 13.9 Å². The number of hydrogen-bond donors (Lipinski definition) is 1. The van der Waals surface area contributed by atoms with Crippen molar-refractivity contribution >= 4 is 11.6 Å². The van der Waals surface area contributed by atoms with Crippen LogP contribution in [-0.2, 0) is 7.05 Å². The Morgan fingerprint density at radius 2 is 2.06 bits per heavy atom. The topological polar surface area (TPSA) is 38.0 Å². The summed E-state index contributed by atoms with van der Waals surface area (Å²) in [4.78, 5) is 0. The Labute approximate surface area is 101 Å². The third kappa shape index (κ3) is 2.16. The van der Waals surface area contributed by atoms with E-state index < -0.39 is 17.7 Å². The average Bonchev–Trinajstić information content (AvgIpc) is 2.62. The highest BCUT2D eigenvalue weighted by Crippen LogP contribution is 2.28. The third-order valence-electron chi connectivity index (χ3n) is 2.46. The number of hydrogen-bond acceptors (Lipinski definition) is 2. The van der Waals surface area contributed by atoms with Crippen LogP contribution in [0.2, 0.25) is 5.02 Å². The molecule has 1 heterocycles. The lowest BCUT2D eigenvalue weighted by Crippen LogP contribution is -2.07. The minimum Gasteiger partial charge on any atom is -0.382 e. The highest BCUT2D eigenvalue weighted by molar-refractivity contribution is 6.31. The van der Waals surface area contributed by atoms with Crippen LogP contribution < -0.4 is 0 Å². The van der Waals surface area contributed by atoms with Crippen molar-refractivity contribution in [1.82, 2.24) is 9.78 Å². The van der Waals surface area contributed by atoms with Crippen molar-refractivity contribution in [3.8, 4) is 0 Å². The van der Waals surface area contributed by atoms with Crippen LogP contribution >= 0.6 is 11.6 Å². The molecule has 1 aromatic carbocycles. The number of aryl methyl sites for hydroxylation is 1. The van der Waals surface area contributed by atoms with Gasteiger partial charge in [-0.25, -0.2) is 8.78 Å². The number of aliphatic hydroxyl groups is 1. The molecular formula is C11H9ClF2N2O. The van der Waals surface area contributed by atoms with Crippen LogP contribution in [0.15, 0.2) is 24.4 Å². The molecule has 0 aliphatic rings. The highest BCUT2D eigenvalue weighted by Gasteiger charge is 2.19. The molecule has 3 nitrogen and oxygen atoms in total. The van der Waals surface area contributed by atoms with E-state index in [1.807, 2.05) is 0 Å². The molecule has 0 bridgehead atoms. The van der Waals surface area contributed by atoms with Gasteiger partial charge in [0.05, 0.1) is 16.9 Å². The minimum atomic E-state index is -1.15. The molecule has 1 atom stereocenters. The van der Waals surface area contributed by atoms with Crippen molar-refractivity contribution in [3.63, 3.8) is 0 Å². The van der Waals surface area contributed by atoms with Gasteiger partial charge in [-0.15, -0.1) is 0 Å². The Balaban J connectivity index is 2.43. The summed E-state index contributed by atoms with van der Waals surface area (Å²) in [6.07, 6.45) is 0.227. The Morgan fingerprint density at radius 1 is 1.35 bits per heavy atom. The molecule has 0 aliphatic heterocycles. The summed E-state index contributed by atoms with van der Waals surface area (Å²) < 4.78 is 27.2. The third-order valence-corrected chi connectivity index (χ3v) is 2.75. The summed E-state index contributed by atoms with van der Waals surface area (Å²) in [6, 6.07) is 3.19. The van der Waals surface area contributed by atoms with E-state index in [2.05, 4.69) is 5.10 Å². The molecule has 2 rings (SSSR count). The van der Waals surface area contributed by atoms with Crippen LogP contribution in [0.1, 0.15) is 17.4 Å². The maximum absolute atomic E-state index is 13.0. The molecule has 90 valence electrons. The van der Waals surface area contributed by atoms with Gasteiger partial charge >= 0.3 is 0 Å². The van der Waals surface area contributed by atoms with Gasteiger partial charge in [0, 0.05) is 7.05 Å². The van der Waals surface area contributed by atoms with Gasteiger partial charge in [0.1, 0.15) is 6.10 Å². The van der Waals surface area contributed by atoms with E-state index in [-0.39, 0.29) is 10.6 Å².